The molecule has 0 radical (unpaired) electrons. The van der Waals surface area contributed by atoms with Gasteiger partial charge < -0.3 is 9.84 Å². The first kappa shape index (κ1) is 19.1. The highest BCUT2D eigenvalue weighted by molar-refractivity contribution is 7.21. The van der Waals surface area contributed by atoms with E-state index in [2.05, 4.69) is 0 Å². The SMILES string of the molecule is COCCn1c(O)c(C(=O)c2sc3ccccc3c2Cl)c(C)c(C#N)c1=O. The van der Waals surface area contributed by atoms with Gasteiger partial charge in [-0.25, -0.2) is 0 Å². The number of aromatic hydroxyl groups is 1. The van der Waals surface area contributed by atoms with Crippen LogP contribution in [0.5, 0.6) is 5.88 Å². The average Bonchev–Trinajstić information content (AvgIpc) is 2.99. The van der Waals surface area contributed by atoms with Crippen LogP contribution in [0.3, 0.4) is 0 Å². The van der Waals surface area contributed by atoms with Crippen LogP contribution in [0.15, 0.2) is 29.1 Å². The third-order valence-corrected chi connectivity index (χ3v) is 5.96. The van der Waals surface area contributed by atoms with Gasteiger partial charge in [-0.1, -0.05) is 29.8 Å². The molecule has 1 aromatic carbocycles. The van der Waals surface area contributed by atoms with Gasteiger partial charge in [0.05, 0.1) is 28.6 Å². The van der Waals surface area contributed by atoms with E-state index in [0.717, 1.165) is 14.7 Å². The van der Waals surface area contributed by atoms with Crippen molar-refractivity contribution < 1.29 is 14.6 Å². The molecule has 0 aliphatic rings. The zero-order valence-electron chi connectivity index (χ0n) is 14.6. The molecule has 0 amide bonds. The maximum absolute atomic E-state index is 13.2. The number of ether oxygens (including phenoxy) is 1. The number of rotatable bonds is 5. The fourth-order valence-electron chi connectivity index (χ4n) is 2.89. The van der Waals surface area contributed by atoms with Crippen molar-refractivity contribution in [2.75, 3.05) is 13.7 Å². The number of fused-ring (bicyclic) bond motifs is 1. The van der Waals surface area contributed by atoms with Gasteiger partial charge in [-0.15, -0.1) is 11.3 Å². The number of methoxy groups -OCH3 is 1. The highest BCUT2D eigenvalue weighted by atomic mass is 35.5. The van der Waals surface area contributed by atoms with E-state index in [4.69, 9.17) is 16.3 Å². The number of carbonyl (C=O) groups is 1. The van der Waals surface area contributed by atoms with Gasteiger partial charge >= 0.3 is 0 Å². The number of benzene rings is 1. The van der Waals surface area contributed by atoms with Crippen LogP contribution in [0.4, 0.5) is 0 Å². The van der Waals surface area contributed by atoms with Gasteiger partial charge in [-0.3, -0.25) is 14.2 Å². The van der Waals surface area contributed by atoms with Crippen LogP contribution in [-0.2, 0) is 11.3 Å². The Bertz CT molecular complexity index is 1160. The number of hydrogen-bond acceptors (Lipinski definition) is 6. The second-order valence-electron chi connectivity index (χ2n) is 5.83. The minimum absolute atomic E-state index is 0.0105. The summed E-state index contributed by atoms with van der Waals surface area (Å²) in [4.78, 5) is 25.9. The Labute approximate surface area is 163 Å². The van der Waals surface area contributed by atoms with Crippen molar-refractivity contribution in [3.63, 3.8) is 0 Å². The number of carbonyl (C=O) groups excluding carboxylic acids is 1. The first-order valence-corrected chi connectivity index (χ1v) is 9.18. The number of halogens is 1. The molecule has 0 aliphatic carbocycles. The summed E-state index contributed by atoms with van der Waals surface area (Å²) in [5, 5.41) is 21.0. The zero-order valence-corrected chi connectivity index (χ0v) is 16.1. The Morgan fingerprint density at radius 3 is 2.74 bits per heavy atom. The maximum Gasteiger partial charge on any atom is 0.271 e. The number of thiophene rings is 1. The monoisotopic (exact) mass is 402 g/mol. The Balaban J connectivity index is 2.26. The zero-order chi connectivity index (χ0) is 19.7. The lowest BCUT2D eigenvalue weighted by Crippen LogP contribution is -2.28. The van der Waals surface area contributed by atoms with Gasteiger partial charge in [-0.2, -0.15) is 5.26 Å². The van der Waals surface area contributed by atoms with Gasteiger partial charge in [0.15, 0.2) is 0 Å². The molecule has 0 saturated heterocycles. The summed E-state index contributed by atoms with van der Waals surface area (Å²) in [6, 6.07) is 9.13. The number of pyridine rings is 1. The molecule has 0 aliphatic heterocycles. The number of nitrogens with zero attached hydrogens (tertiary/aromatic N) is 2. The minimum Gasteiger partial charge on any atom is -0.494 e. The van der Waals surface area contributed by atoms with Crippen molar-refractivity contribution in [2.45, 2.75) is 13.5 Å². The summed E-state index contributed by atoms with van der Waals surface area (Å²) in [6.07, 6.45) is 0. The Morgan fingerprint density at radius 1 is 1.41 bits per heavy atom. The molecule has 0 saturated carbocycles. The molecule has 3 rings (SSSR count). The molecular weight excluding hydrogens is 388 g/mol. The van der Waals surface area contributed by atoms with E-state index in [9.17, 15) is 20.0 Å². The standard InChI is InChI=1S/C19H15ClN2O4S/c1-10-12(9-21)18(24)22(7-8-26-2)19(25)14(10)16(23)17-15(20)11-5-3-4-6-13(11)27-17/h3-6,25H,7-8H2,1-2H3. The lowest BCUT2D eigenvalue weighted by molar-refractivity contribution is 0.103. The molecule has 138 valence electrons. The number of hydrogen-bond donors (Lipinski definition) is 1. The van der Waals surface area contributed by atoms with Gasteiger partial charge in [0, 0.05) is 17.2 Å². The number of ketones is 1. The Hall–Kier alpha value is -2.66. The highest BCUT2D eigenvalue weighted by Crippen LogP contribution is 2.38. The molecule has 0 spiro atoms. The van der Waals surface area contributed by atoms with E-state index in [1.807, 2.05) is 24.3 Å². The van der Waals surface area contributed by atoms with Gasteiger partial charge in [0.25, 0.3) is 5.56 Å². The molecule has 0 atom stereocenters. The first-order valence-electron chi connectivity index (χ1n) is 7.99. The quantitative estimate of drug-likeness (QED) is 0.659. The lowest BCUT2D eigenvalue weighted by atomic mass is 10.0. The third kappa shape index (κ3) is 3.12. The van der Waals surface area contributed by atoms with Crippen LogP contribution in [0, 0.1) is 18.3 Å². The second-order valence-corrected chi connectivity index (χ2v) is 7.26. The molecule has 2 heterocycles. The first-order chi connectivity index (χ1) is 12.9. The van der Waals surface area contributed by atoms with Gasteiger partial charge in [0.1, 0.15) is 11.6 Å². The number of nitriles is 1. The van der Waals surface area contributed by atoms with Crippen LogP contribution in [0.25, 0.3) is 10.1 Å². The van der Waals surface area contributed by atoms with Crippen LogP contribution in [0.1, 0.15) is 26.4 Å². The Kier molecular flexibility index (Phi) is 5.33. The lowest BCUT2D eigenvalue weighted by Gasteiger charge is -2.15. The van der Waals surface area contributed by atoms with Gasteiger partial charge in [-0.05, 0) is 18.6 Å². The van der Waals surface area contributed by atoms with E-state index in [-0.39, 0.29) is 39.7 Å². The molecule has 0 unspecified atom stereocenters. The Morgan fingerprint density at radius 2 is 2.11 bits per heavy atom. The maximum atomic E-state index is 13.2. The summed E-state index contributed by atoms with van der Waals surface area (Å²) < 4.78 is 6.75. The summed E-state index contributed by atoms with van der Waals surface area (Å²) in [6.45, 7) is 1.62. The van der Waals surface area contributed by atoms with Crippen molar-refractivity contribution in [1.29, 1.82) is 5.26 Å². The highest BCUT2D eigenvalue weighted by Gasteiger charge is 2.27. The minimum atomic E-state index is -0.663. The molecular formula is C19H15ClN2O4S. The van der Waals surface area contributed by atoms with Crippen molar-refractivity contribution in [3.8, 4) is 11.9 Å². The van der Waals surface area contributed by atoms with Crippen LogP contribution < -0.4 is 5.56 Å². The summed E-state index contributed by atoms with van der Waals surface area (Å²) in [5.41, 5.74) is -0.823. The average molecular weight is 403 g/mol. The normalized spacial score (nSPS) is 10.9. The molecule has 6 nitrogen and oxygen atoms in total. The fourth-order valence-corrected chi connectivity index (χ4v) is 4.35. The molecule has 8 heteroatoms. The summed E-state index contributed by atoms with van der Waals surface area (Å²) in [7, 11) is 1.45. The van der Waals surface area contributed by atoms with Crippen molar-refractivity contribution in [3.05, 3.63) is 61.2 Å². The van der Waals surface area contributed by atoms with Crippen molar-refractivity contribution in [2.24, 2.45) is 0 Å². The van der Waals surface area contributed by atoms with E-state index < -0.39 is 17.2 Å². The second kappa shape index (κ2) is 7.53. The topological polar surface area (TPSA) is 92.3 Å². The predicted octanol–water partition coefficient (Wildman–Crippen LogP) is 3.48. The number of aromatic nitrogens is 1. The smallest absolute Gasteiger partial charge is 0.271 e. The summed E-state index contributed by atoms with van der Waals surface area (Å²) >= 11 is 7.59. The van der Waals surface area contributed by atoms with Crippen LogP contribution in [0.2, 0.25) is 5.02 Å². The van der Waals surface area contributed by atoms with E-state index in [1.54, 1.807) is 6.07 Å². The van der Waals surface area contributed by atoms with Crippen LogP contribution >= 0.6 is 22.9 Å². The summed E-state index contributed by atoms with van der Waals surface area (Å²) in [5.74, 6) is -1.02. The predicted molar refractivity (Wildman–Crippen MR) is 104 cm³/mol. The van der Waals surface area contributed by atoms with E-state index in [1.165, 1.54) is 25.4 Å². The van der Waals surface area contributed by atoms with Crippen molar-refractivity contribution in [1.82, 2.24) is 4.57 Å². The molecule has 2 aromatic heterocycles. The van der Waals surface area contributed by atoms with Crippen LogP contribution in [-0.4, -0.2) is 29.2 Å². The third-order valence-electron chi connectivity index (χ3n) is 4.29. The van der Waals surface area contributed by atoms with Gasteiger partial charge in [0.2, 0.25) is 11.7 Å². The van der Waals surface area contributed by atoms with E-state index in [0.29, 0.717) is 0 Å². The molecule has 0 bridgehead atoms. The fraction of sp³-hybridized carbons (Fsp3) is 0.211. The molecule has 3 aromatic rings. The van der Waals surface area contributed by atoms with Crippen molar-refractivity contribution >= 4 is 38.8 Å². The van der Waals surface area contributed by atoms with E-state index >= 15 is 0 Å². The molecule has 27 heavy (non-hydrogen) atoms. The molecule has 1 N–H and O–H groups in total. The largest absolute Gasteiger partial charge is 0.494 e. The molecule has 0 fully saturated rings.